The topological polar surface area (TPSA) is 58.6 Å². The van der Waals surface area contributed by atoms with Crippen molar-refractivity contribution in [1.82, 2.24) is 10.2 Å². The summed E-state index contributed by atoms with van der Waals surface area (Å²) in [5, 5.41) is 5.16. The maximum Gasteiger partial charge on any atom is 0.254 e. The summed E-state index contributed by atoms with van der Waals surface area (Å²) < 4.78 is 5.51. The molecule has 1 spiro atoms. The van der Waals surface area contributed by atoms with E-state index in [1.54, 1.807) is 7.11 Å². The van der Waals surface area contributed by atoms with Crippen molar-refractivity contribution in [2.75, 3.05) is 20.2 Å². The molecule has 2 aliphatic heterocycles. The highest BCUT2D eigenvalue weighted by Gasteiger charge is 2.50. The molecule has 0 saturated carbocycles. The van der Waals surface area contributed by atoms with Crippen LogP contribution in [0.15, 0.2) is 66.7 Å². The molecule has 2 saturated heterocycles. The lowest BCUT2D eigenvalue weighted by Gasteiger charge is -2.34. The van der Waals surface area contributed by atoms with Crippen molar-refractivity contribution in [3.63, 3.8) is 0 Å². The average molecular weight is 429 g/mol. The highest BCUT2D eigenvalue weighted by molar-refractivity contribution is 6.08. The fourth-order valence-electron chi connectivity index (χ4n) is 5.49. The SMILES string of the molecule is COc1ccc(C(=O)N2C[C@@H](c3ccccc3)[C@@]3(CCCCC(=O)N3)C2)c2ccccc12. The van der Waals surface area contributed by atoms with Crippen LogP contribution in [0.1, 0.15) is 47.5 Å². The summed E-state index contributed by atoms with van der Waals surface area (Å²) in [6, 6.07) is 21.9. The molecule has 2 fully saturated rings. The third-order valence-corrected chi connectivity index (χ3v) is 7.03. The van der Waals surface area contributed by atoms with E-state index in [1.807, 2.05) is 59.5 Å². The fraction of sp³-hybridized carbons (Fsp3) is 0.333. The van der Waals surface area contributed by atoms with E-state index in [2.05, 4.69) is 17.4 Å². The molecule has 3 aromatic carbocycles. The molecular formula is C27H28N2O3. The van der Waals surface area contributed by atoms with E-state index < -0.39 is 5.54 Å². The van der Waals surface area contributed by atoms with E-state index in [1.165, 1.54) is 5.56 Å². The van der Waals surface area contributed by atoms with Gasteiger partial charge in [0, 0.05) is 36.4 Å². The number of ether oxygens (including phenoxy) is 1. The Morgan fingerprint density at radius 1 is 1.00 bits per heavy atom. The second-order valence-electron chi connectivity index (χ2n) is 8.92. The summed E-state index contributed by atoms with van der Waals surface area (Å²) in [7, 11) is 1.65. The molecule has 0 unspecified atom stereocenters. The van der Waals surface area contributed by atoms with Gasteiger partial charge in [-0.15, -0.1) is 0 Å². The van der Waals surface area contributed by atoms with Crippen LogP contribution in [0.5, 0.6) is 5.75 Å². The number of hydrogen-bond donors (Lipinski definition) is 1. The maximum atomic E-state index is 13.8. The number of benzene rings is 3. The van der Waals surface area contributed by atoms with Gasteiger partial charge in [0.2, 0.25) is 5.91 Å². The predicted octanol–water partition coefficient (Wildman–Crippen LogP) is 4.52. The van der Waals surface area contributed by atoms with Crippen molar-refractivity contribution < 1.29 is 14.3 Å². The second kappa shape index (κ2) is 8.30. The lowest BCUT2D eigenvalue weighted by atomic mass is 9.79. The number of fused-ring (bicyclic) bond motifs is 1. The standard InChI is InChI=1S/C27H28N2O3/c1-32-24-15-14-22(20-11-5-6-12-21(20)24)26(31)29-17-23(19-9-3-2-4-10-19)27(18-29)16-8-7-13-25(30)28-27/h2-6,9-12,14-15,23H,7-8,13,16-18H2,1H3,(H,28,30)/t23-,27+/m0/s1. The van der Waals surface area contributed by atoms with Crippen molar-refractivity contribution >= 4 is 22.6 Å². The minimum Gasteiger partial charge on any atom is -0.496 e. The van der Waals surface area contributed by atoms with Gasteiger partial charge in [0.1, 0.15) is 5.75 Å². The van der Waals surface area contributed by atoms with Gasteiger partial charge in [0.25, 0.3) is 5.91 Å². The summed E-state index contributed by atoms with van der Waals surface area (Å²) in [5.74, 6) is 0.917. The number of likely N-dealkylation sites (tertiary alicyclic amines) is 1. The number of methoxy groups -OCH3 is 1. The van der Waals surface area contributed by atoms with Crippen LogP contribution in [-0.2, 0) is 4.79 Å². The van der Waals surface area contributed by atoms with Crippen LogP contribution in [0.4, 0.5) is 0 Å². The smallest absolute Gasteiger partial charge is 0.254 e. The van der Waals surface area contributed by atoms with Gasteiger partial charge in [0.15, 0.2) is 0 Å². The molecule has 2 amide bonds. The second-order valence-corrected chi connectivity index (χ2v) is 8.92. The van der Waals surface area contributed by atoms with Crippen molar-refractivity contribution in [3.05, 3.63) is 77.9 Å². The third-order valence-electron chi connectivity index (χ3n) is 7.03. The predicted molar refractivity (Wildman–Crippen MR) is 125 cm³/mol. The number of rotatable bonds is 3. The molecule has 2 atom stereocenters. The summed E-state index contributed by atoms with van der Waals surface area (Å²) in [4.78, 5) is 28.3. The summed E-state index contributed by atoms with van der Waals surface area (Å²) in [6.07, 6.45) is 3.31. The highest BCUT2D eigenvalue weighted by Crippen LogP contribution is 2.42. The molecule has 5 rings (SSSR count). The minimum absolute atomic E-state index is 0.000144. The molecule has 5 heteroatoms. The Hall–Kier alpha value is -3.34. The van der Waals surface area contributed by atoms with Gasteiger partial charge in [-0.3, -0.25) is 9.59 Å². The van der Waals surface area contributed by atoms with Gasteiger partial charge in [-0.25, -0.2) is 0 Å². The average Bonchev–Trinajstić information content (AvgIpc) is 3.09. The van der Waals surface area contributed by atoms with Crippen molar-refractivity contribution in [2.24, 2.45) is 0 Å². The van der Waals surface area contributed by atoms with E-state index in [0.29, 0.717) is 25.1 Å². The highest BCUT2D eigenvalue weighted by atomic mass is 16.5. The van der Waals surface area contributed by atoms with Crippen LogP contribution in [0.25, 0.3) is 10.8 Å². The molecule has 0 aromatic heterocycles. The quantitative estimate of drug-likeness (QED) is 0.667. The molecular weight excluding hydrogens is 400 g/mol. The van der Waals surface area contributed by atoms with Gasteiger partial charge in [0.05, 0.1) is 12.6 Å². The lowest BCUT2D eigenvalue weighted by Crippen LogP contribution is -2.52. The Kier molecular flexibility index (Phi) is 5.33. The van der Waals surface area contributed by atoms with Crippen LogP contribution < -0.4 is 10.1 Å². The van der Waals surface area contributed by atoms with E-state index in [0.717, 1.165) is 35.8 Å². The lowest BCUT2D eigenvalue weighted by molar-refractivity contribution is -0.122. The first-order valence-electron chi connectivity index (χ1n) is 11.3. The normalized spacial score (nSPS) is 23.2. The maximum absolute atomic E-state index is 13.8. The molecule has 5 nitrogen and oxygen atoms in total. The number of carbonyl (C=O) groups is 2. The largest absolute Gasteiger partial charge is 0.496 e. The number of nitrogens with zero attached hydrogens (tertiary/aromatic N) is 1. The Labute approximate surface area is 188 Å². The van der Waals surface area contributed by atoms with Crippen LogP contribution in [0.2, 0.25) is 0 Å². The molecule has 1 N–H and O–H groups in total. The molecule has 0 radical (unpaired) electrons. The van der Waals surface area contributed by atoms with Crippen LogP contribution in [0.3, 0.4) is 0 Å². The Balaban J connectivity index is 1.54. The first-order valence-corrected chi connectivity index (χ1v) is 11.3. The molecule has 2 aliphatic rings. The van der Waals surface area contributed by atoms with Crippen LogP contribution in [-0.4, -0.2) is 42.5 Å². The summed E-state index contributed by atoms with van der Waals surface area (Å²) in [5.41, 5.74) is 1.42. The fourth-order valence-corrected chi connectivity index (χ4v) is 5.49. The van der Waals surface area contributed by atoms with Gasteiger partial charge >= 0.3 is 0 Å². The van der Waals surface area contributed by atoms with Crippen molar-refractivity contribution in [1.29, 1.82) is 0 Å². The summed E-state index contributed by atoms with van der Waals surface area (Å²) in [6.45, 7) is 1.11. The van der Waals surface area contributed by atoms with Crippen molar-refractivity contribution in [3.8, 4) is 5.75 Å². The Morgan fingerprint density at radius 2 is 1.75 bits per heavy atom. The molecule has 32 heavy (non-hydrogen) atoms. The van der Waals surface area contributed by atoms with E-state index in [4.69, 9.17) is 4.74 Å². The molecule has 3 aromatic rings. The van der Waals surface area contributed by atoms with E-state index in [-0.39, 0.29) is 17.7 Å². The van der Waals surface area contributed by atoms with Gasteiger partial charge in [-0.1, -0.05) is 61.0 Å². The third kappa shape index (κ3) is 3.52. The van der Waals surface area contributed by atoms with Gasteiger partial charge < -0.3 is 15.0 Å². The van der Waals surface area contributed by atoms with Crippen molar-refractivity contribution in [2.45, 2.75) is 37.1 Å². The number of nitrogens with one attached hydrogen (secondary N) is 1. The monoisotopic (exact) mass is 428 g/mol. The minimum atomic E-state index is -0.424. The number of hydrogen-bond acceptors (Lipinski definition) is 3. The first-order chi connectivity index (χ1) is 15.6. The van der Waals surface area contributed by atoms with Crippen LogP contribution >= 0.6 is 0 Å². The zero-order valence-electron chi connectivity index (χ0n) is 18.3. The Morgan fingerprint density at radius 3 is 2.53 bits per heavy atom. The zero-order valence-corrected chi connectivity index (χ0v) is 18.3. The molecule has 2 heterocycles. The zero-order chi connectivity index (χ0) is 22.1. The van der Waals surface area contributed by atoms with E-state index in [9.17, 15) is 9.59 Å². The van der Waals surface area contributed by atoms with E-state index >= 15 is 0 Å². The van der Waals surface area contributed by atoms with Crippen LogP contribution in [0, 0.1) is 0 Å². The summed E-state index contributed by atoms with van der Waals surface area (Å²) >= 11 is 0. The molecule has 164 valence electrons. The Bertz CT molecular complexity index is 1160. The molecule has 0 aliphatic carbocycles. The number of amides is 2. The van der Waals surface area contributed by atoms with Gasteiger partial charge in [-0.05, 0) is 35.9 Å². The first kappa shape index (κ1) is 20.6. The van der Waals surface area contributed by atoms with Gasteiger partial charge in [-0.2, -0.15) is 0 Å². The molecule has 0 bridgehead atoms. The number of carbonyl (C=O) groups excluding carboxylic acids is 2.